The van der Waals surface area contributed by atoms with Crippen LogP contribution in [0.15, 0.2) is 0 Å². The number of nitrogens with zero attached hydrogens (tertiary/aromatic N) is 1. The van der Waals surface area contributed by atoms with E-state index in [1.54, 1.807) is 0 Å². The van der Waals surface area contributed by atoms with Crippen LogP contribution in [0.3, 0.4) is 0 Å². The van der Waals surface area contributed by atoms with Crippen LogP contribution in [0.2, 0.25) is 0 Å². The molecule has 1 saturated carbocycles. The summed E-state index contributed by atoms with van der Waals surface area (Å²) in [5.41, 5.74) is -0.215. The van der Waals surface area contributed by atoms with Gasteiger partial charge in [-0.05, 0) is 19.8 Å². The van der Waals surface area contributed by atoms with Crippen LogP contribution in [-0.2, 0) is 4.74 Å². The number of rotatable bonds is 5. The molecule has 2 N–H and O–H groups in total. The Balaban J connectivity index is 1.99. The lowest BCUT2D eigenvalue weighted by Crippen LogP contribution is -2.62. The number of ether oxygens (including phenoxy) is 1. The average molecular weight is 270 g/mol. The first-order valence-electron chi connectivity index (χ1n) is 7.78. The third-order valence-corrected chi connectivity index (χ3v) is 4.39. The van der Waals surface area contributed by atoms with E-state index in [4.69, 9.17) is 4.74 Å². The smallest absolute Gasteiger partial charge is 0.0730 e. The molecule has 1 saturated heterocycles. The Morgan fingerprint density at radius 1 is 1.37 bits per heavy atom. The maximum atomic E-state index is 9.74. The van der Waals surface area contributed by atoms with Crippen molar-refractivity contribution in [2.24, 2.45) is 0 Å². The summed E-state index contributed by atoms with van der Waals surface area (Å²) >= 11 is 0. The van der Waals surface area contributed by atoms with Gasteiger partial charge in [0, 0.05) is 25.2 Å². The summed E-state index contributed by atoms with van der Waals surface area (Å²) in [7, 11) is 0. The van der Waals surface area contributed by atoms with E-state index >= 15 is 0 Å². The second kappa shape index (κ2) is 6.53. The summed E-state index contributed by atoms with van der Waals surface area (Å²) < 4.78 is 5.92. The second-order valence-corrected chi connectivity index (χ2v) is 6.75. The van der Waals surface area contributed by atoms with Gasteiger partial charge >= 0.3 is 0 Å². The third kappa shape index (κ3) is 3.91. The van der Waals surface area contributed by atoms with Crippen molar-refractivity contribution in [1.29, 1.82) is 0 Å². The zero-order chi connectivity index (χ0) is 13.9. The molecule has 1 aliphatic heterocycles. The molecule has 0 aromatic rings. The first-order chi connectivity index (χ1) is 9.04. The van der Waals surface area contributed by atoms with Gasteiger partial charge < -0.3 is 15.2 Å². The van der Waals surface area contributed by atoms with E-state index in [1.165, 1.54) is 25.7 Å². The normalized spacial score (nSPS) is 32.1. The number of aliphatic hydroxyl groups excluding tert-OH is 1. The zero-order valence-electron chi connectivity index (χ0n) is 12.7. The molecule has 3 unspecified atom stereocenters. The Labute approximate surface area is 117 Å². The van der Waals surface area contributed by atoms with Crippen molar-refractivity contribution in [1.82, 2.24) is 10.2 Å². The summed E-state index contributed by atoms with van der Waals surface area (Å²) in [6, 6.07) is 0.947. The highest BCUT2D eigenvalue weighted by Gasteiger charge is 2.37. The fourth-order valence-electron chi connectivity index (χ4n) is 3.66. The van der Waals surface area contributed by atoms with E-state index in [9.17, 15) is 5.11 Å². The number of nitrogens with one attached hydrogen (secondary N) is 1. The summed E-state index contributed by atoms with van der Waals surface area (Å²) in [6.07, 6.45) is 5.48. The van der Waals surface area contributed by atoms with Crippen LogP contribution >= 0.6 is 0 Å². The van der Waals surface area contributed by atoms with Crippen molar-refractivity contribution in [3.63, 3.8) is 0 Å². The van der Waals surface area contributed by atoms with Crippen molar-refractivity contribution in [2.75, 3.05) is 26.3 Å². The van der Waals surface area contributed by atoms with E-state index < -0.39 is 0 Å². The highest BCUT2D eigenvalue weighted by Crippen LogP contribution is 2.29. The molecule has 0 spiro atoms. The molecule has 19 heavy (non-hydrogen) atoms. The molecule has 0 aromatic heterocycles. The molecular formula is C15H30N2O2. The number of hydrogen-bond donors (Lipinski definition) is 2. The fourth-order valence-corrected chi connectivity index (χ4v) is 3.66. The average Bonchev–Trinajstić information content (AvgIpc) is 2.38. The highest BCUT2D eigenvalue weighted by atomic mass is 16.5. The maximum absolute atomic E-state index is 9.74. The number of fused-ring (bicyclic) bond motifs is 1. The first-order valence-corrected chi connectivity index (χ1v) is 7.78. The van der Waals surface area contributed by atoms with Crippen molar-refractivity contribution in [2.45, 2.75) is 70.2 Å². The number of morpholine rings is 1. The van der Waals surface area contributed by atoms with Crippen LogP contribution in [-0.4, -0.2) is 60.0 Å². The molecule has 0 bridgehead atoms. The molecule has 0 aromatic carbocycles. The van der Waals surface area contributed by atoms with Gasteiger partial charge in [-0.1, -0.05) is 26.7 Å². The van der Waals surface area contributed by atoms with Crippen molar-refractivity contribution in [3.8, 4) is 0 Å². The van der Waals surface area contributed by atoms with Gasteiger partial charge in [-0.3, -0.25) is 4.90 Å². The van der Waals surface area contributed by atoms with Crippen LogP contribution in [0.5, 0.6) is 0 Å². The molecule has 1 aliphatic carbocycles. The summed E-state index contributed by atoms with van der Waals surface area (Å²) in [5, 5.41) is 13.3. The zero-order valence-corrected chi connectivity index (χ0v) is 12.7. The molecule has 0 amide bonds. The van der Waals surface area contributed by atoms with Crippen LogP contribution in [0, 0.1) is 0 Å². The molecule has 2 rings (SSSR count). The van der Waals surface area contributed by atoms with Crippen molar-refractivity contribution < 1.29 is 9.84 Å². The Morgan fingerprint density at radius 3 is 2.79 bits per heavy atom. The van der Waals surface area contributed by atoms with Gasteiger partial charge in [-0.15, -0.1) is 0 Å². The lowest BCUT2D eigenvalue weighted by molar-refractivity contribution is -0.0967. The number of hydrogen-bond acceptors (Lipinski definition) is 4. The minimum atomic E-state index is -0.215. The Morgan fingerprint density at radius 2 is 2.11 bits per heavy atom. The van der Waals surface area contributed by atoms with Gasteiger partial charge in [0.1, 0.15) is 0 Å². The first kappa shape index (κ1) is 15.2. The van der Waals surface area contributed by atoms with Crippen molar-refractivity contribution >= 4 is 0 Å². The Kier molecular flexibility index (Phi) is 5.23. The molecule has 2 fully saturated rings. The molecule has 2 aliphatic rings. The van der Waals surface area contributed by atoms with E-state index in [1.807, 2.05) is 0 Å². The molecular weight excluding hydrogens is 240 g/mol. The Bertz CT molecular complexity index is 283. The van der Waals surface area contributed by atoms with Crippen LogP contribution in [0.1, 0.15) is 46.5 Å². The van der Waals surface area contributed by atoms with Gasteiger partial charge in [0.05, 0.1) is 24.9 Å². The lowest BCUT2D eigenvalue weighted by atomic mass is 9.88. The summed E-state index contributed by atoms with van der Waals surface area (Å²) in [6.45, 7) is 9.32. The lowest BCUT2D eigenvalue weighted by Gasteiger charge is -2.47. The minimum Gasteiger partial charge on any atom is -0.394 e. The largest absolute Gasteiger partial charge is 0.394 e. The third-order valence-electron chi connectivity index (χ3n) is 4.39. The van der Waals surface area contributed by atoms with E-state index in [0.29, 0.717) is 18.2 Å². The topological polar surface area (TPSA) is 44.7 Å². The van der Waals surface area contributed by atoms with Crippen LogP contribution in [0.25, 0.3) is 0 Å². The SMILES string of the molecule is CC(C)NC(C)(CO)CN1CCOC2CCCCC21. The van der Waals surface area contributed by atoms with E-state index in [0.717, 1.165) is 19.7 Å². The molecule has 4 heteroatoms. The molecule has 112 valence electrons. The van der Waals surface area contributed by atoms with Gasteiger partial charge in [0.15, 0.2) is 0 Å². The Hall–Kier alpha value is -0.160. The second-order valence-electron chi connectivity index (χ2n) is 6.75. The molecule has 4 nitrogen and oxygen atoms in total. The standard InChI is InChI=1S/C15H30N2O2/c1-12(2)16-15(3,11-18)10-17-8-9-19-14-7-5-4-6-13(14)17/h12-14,16,18H,4-11H2,1-3H3. The molecule has 0 radical (unpaired) electrons. The van der Waals surface area contributed by atoms with E-state index in [2.05, 4.69) is 31.0 Å². The number of aliphatic hydroxyl groups is 1. The van der Waals surface area contributed by atoms with Crippen LogP contribution < -0.4 is 5.32 Å². The molecule has 1 heterocycles. The highest BCUT2D eigenvalue weighted by molar-refractivity contribution is 4.94. The predicted octanol–water partition coefficient (Wildman–Crippen LogP) is 1.38. The van der Waals surface area contributed by atoms with Crippen LogP contribution in [0.4, 0.5) is 0 Å². The van der Waals surface area contributed by atoms with Gasteiger partial charge in [0.25, 0.3) is 0 Å². The van der Waals surface area contributed by atoms with Gasteiger partial charge in [-0.25, -0.2) is 0 Å². The quantitative estimate of drug-likeness (QED) is 0.792. The maximum Gasteiger partial charge on any atom is 0.0730 e. The fraction of sp³-hybridized carbons (Fsp3) is 1.00. The predicted molar refractivity (Wildman–Crippen MR) is 77.3 cm³/mol. The minimum absolute atomic E-state index is 0.180. The van der Waals surface area contributed by atoms with Crippen molar-refractivity contribution in [3.05, 3.63) is 0 Å². The summed E-state index contributed by atoms with van der Waals surface area (Å²) in [4.78, 5) is 2.54. The monoisotopic (exact) mass is 270 g/mol. The summed E-state index contributed by atoms with van der Waals surface area (Å²) in [5.74, 6) is 0. The van der Waals surface area contributed by atoms with Gasteiger partial charge in [-0.2, -0.15) is 0 Å². The molecule has 3 atom stereocenters. The van der Waals surface area contributed by atoms with E-state index in [-0.39, 0.29) is 12.1 Å². The van der Waals surface area contributed by atoms with Gasteiger partial charge in [0.2, 0.25) is 0 Å².